The molecular formula is C25H18ClF2NO3S. The van der Waals surface area contributed by atoms with Gasteiger partial charge in [0, 0.05) is 16.7 Å². The minimum atomic E-state index is -0.635. The summed E-state index contributed by atoms with van der Waals surface area (Å²) >= 11 is 7.44. The van der Waals surface area contributed by atoms with Crippen molar-refractivity contribution in [1.82, 2.24) is 4.98 Å². The maximum atomic E-state index is 14.3. The Labute approximate surface area is 198 Å². The van der Waals surface area contributed by atoms with Crippen molar-refractivity contribution in [3.05, 3.63) is 100 Å². The molecule has 0 unspecified atom stereocenters. The van der Waals surface area contributed by atoms with E-state index in [1.807, 2.05) is 6.07 Å². The number of nitrogens with zero attached hydrogens (tertiary/aromatic N) is 1. The van der Waals surface area contributed by atoms with Gasteiger partial charge in [-0.05, 0) is 42.0 Å². The number of benzene rings is 3. The van der Waals surface area contributed by atoms with Gasteiger partial charge in [-0.2, -0.15) is 0 Å². The lowest BCUT2D eigenvalue weighted by molar-refractivity contribution is 0.0590. The molecule has 0 amide bonds. The Bertz CT molecular complexity index is 1300. The Morgan fingerprint density at radius 3 is 2.52 bits per heavy atom. The van der Waals surface area contributed by atoms with Crippen LogP contribution >= 0.6 is 23.4 Å². The molecule has 0 radical (unpaired) electrons. The minimum absolute atomic E-state index is 0.135. The number of methoxy groups -OCH3 is 1. The highest BCUT2D eigenvalue weighted by atomic mass is 35.5. The SMILES string of the molecule is COC(=O)c1c(SCc2ccc(F)cc2)nc2ccccc2c1OCc1c(F)cccc1Cl. The molecule has 1 aromatic heterocycles. The zero-order valence-corrected chi connectivity index (χ0v) is 19.1. The number of halogens is 3. The predicted octanol–water partition coefficient (Wildman–Crippen LogP) is 6.82. The van der Waals surface area contributed by atoms with Crippen LogP contribution in [-0.2, 0) is 17.1 Å². The monoisotopic (exact) mass is 485 g/mol. The van der Waals surface area contributed by atoms with E-state index in [0.29, 0.717) is 21.7 Å². The van der Waals surface area contributed by atoms with Crippen LogP contribution in [0.2, 0.25) is 5.02 Å². The van der Waals surface area contributed by atoms with Crippen LogP contribution in [0, 0.1) is 11.6 Å². The number of aromatic nitrogens is 1. The number of hydrogen-bond acceptors (Lipinski definition) is 5. The van der Waals surface area contributed by atoms with E-state index in [9.17, 15) is 13.6 Å². The summed E-state index contributed by atoms with van der Waals surface area (Å²) in [4.78, 5) is 17.4. The maximum absolute atomic E-state index is 14.3. The second-order valence-corrected chi connectivity index (χ2v) is 8.41. The molecule has 0 saturated carbocycles. The van der Waals surface area contributed by atoms with Crippen LogP contribution in [-0.4, -0.2) is 18.1 Å². The van der Waals surface area contributed by atoms with Crippen LogP contribution in [0.4, 0.5) is 8.78 Å². The van der Waals surface area contributed by atoms with E-state index in [-0.39, 0.29) is 34.3 Å². The number of fused-ring (bicyclic) bond motifs is 1. The van der Waals surface area contributed by atoms with Gasteiger partial charge in [-0.15, -0.1) is 11.8 Å². The molecule has 3 aromatic carbocycles. The summed E-state index contributed by atoms with van der Waals surface area (Å²) in [5.74, 6) is -0.802. The third-order valence-electron chi connectivity index (χ3n) is 4.91. The van der Waals surface area contributed by atoms with Gasteiger partial charge >= 0.3 is 5.97 Å². The van der Waals surface area contributed by atoms with E-state index < -0.39 is 11.8 Å². The average Bonchev–Trinajstić information content (AvgIpc) is 2.82. The van der Waals surface area contributed by atoms with Crippen molar-refractivity contribution in [2.24, 2.45) is 0 Å². The van der Waals surface area contributed by atoms with Crippen molar-refractivity contribution in [3.63, 3.8) is 0 Å². The lowest BCUT2D eigenvalue weighted by Gasteiger charge is -2.17. The number of carbonyl (C=O) groups excluding carboxylic acids is 1. The van der Waals surface area contributed by atoms with E-state index >= 15 is 0 Å². The molecule has 0 N–H and O–H groups in total. The quantitative estimate of drug-likeness (QED) is 0.212. The van der Waals surface area contributed by atoms with E-state index in [1.165, 1.54) is 43.1 Å². The Morgan fingerprint density at radius 1 is 1.03 bits per heavy atom. The lowest BCUT2D eigenvalue weighted by Crippen LogP contribution is -2.10. The molecule has 0 aliphatic heterocycles. The lowest BCUT2D eigenvalue weighted by atomic mass is 10.1. The highest BCUT2D eigenvalue weighted by Crippen LogP contribution is 2.38. The Balaban J connectivity index is 1.77. The number of thioether (sulfide) groups is 1. The van der Waals surface area contributed by atoms with Crippen molar-refractivity contribution in [2.45, 2.75) is 17.4 Å². The first-order valence-electron chi connectivity index (χ1n) is 9.92. The third-order valence-corrected chi connectivity index (χ3v) is 6.31. The molecule has 8 heteroatoms. The van der Waals surface area contributed by atoms with Crippen LogP contribution in [0.3, 0.4) is 0 Å². The molecule has 0 saturated heterocycles. The summed E-state index contributed by atoms with van der Waals surface area (Å²) < 4.78 is 38.6. The van der Waals surface area contributed by atoms with Gasteiger partial charge in [0.05, 0.1) is 17.6 Å². The fourth-order valence-corrected chi connectivity index (χ4v) is 4.44. The summed E-state index contributed by atoms with van der Waals surface area (Å²) in [7, 11) is 1.27. The zero-order chi connectivity index (χ0) is 23.4. The minimum Gasteiger partial charge on any atom is -0.487 e. The van der Waals surface area contributed by atoms with Crippen molar-refractivity contribution in [1.29, 1.82) is 0 Å². The van der Waals surface area contributed by atoms with Crippen LogP contribution in [0.5, 0.6) is 5.75 Å². The molecular weight excluding hydrogens is 468 g/mol. The molecule has 0 atom stereocenters. The van der Waals surface area contributed by atoms with Crippen molar-refractivity contribution in [3.8, 4) is 5.75 Å². The Morgan fingerprint density at radius 2 is 1.79 bits per heavy atom. The number of pyridine rings is 1. The van der Waals surface area contributed by atoms with Crippen LogP contribution in [0.15, 0.2) is 71.8 Å². The molecule has 4 rings (SSSR count). The first kappa shape index (κ1) is 23.0. The summed E-state index contributed by atoms with van der Waals surface area (Å²) in [6, 6.07) is 17.6. The summed E-state index contributed by atoms with van der Waals surface area (Å²) in [6.07, 6.45) is 0. The first-order chi connectivity index (χ1) is 16.0. The van der Waals surface area contributed by atoms with E-state index in [1.54, 1.807) is 36.4 Å². The van der Waals surface area contributed by atoms with Gasteiger partial charge in [0.25, 0.3) is 0 Å². The highest BCUT2D eigenvalue weighted by molar-refractivity contribution is 7.98. The normalized spacial score (nSPS) is 10.9. The maximum Gasteiger partial charge on any atom is 0.344 e. The highest BCUT2D eigenvalue weighted by Gasteiger charge is 2.24. The standard InChI is InChI=1S/C25H18ClF2NO3S/c1-31-25(30)22-23(32-13-18-19(26)6-4-7-20(18)28)17-5-2-3-8-21(17)29-24(22)33-14-15-9-11-16(27)12-10-15/h2-12H,13-14H2,1H3. The topological polar surface area (TPSA) is 48.4 Å². The first-order valence-corrected chi connectivity index (χ1v) is 11.3. The predicted molar refractivity (Wildman–Crippen MR) is 125 cm³/mol. The number of hydrogen-bond donors (Lipinski definition) is 0. The Kier molecular flexibility index (Phi) is 7.11. The van der Waals surface area contributed by atoms with E-state index in [2.05, 4.69) is 4.98 Å². The zero-order valence-electron chi connectivity index (χ0n) is 17.5. The second-order valence-electron chi connectivity index (χ2n) is 7.03. The van der Waals surface area contributed by atoms with Crippen molar-refractivity contribution >= 4 is 40.2 Å². The van der Waals surface area contributed by atoms with Crippen LogP contribution in [0.1, 0.15) is 21.5 Å². The van der Waals surface area contributed by atoms with E-state index in [0.717, 1.165) is 5.56 Å². The molecule has 0 bridgehead atoms. The van der Waals surface area contributed by atoms with Gasteiger partial charge < -0.3 is 9.47 Å². The van der Waals surface area contributed by atoms with Gasteiger partial charge in [-0.3, -0.25) is 0 Å². The smallest absolute Gasteiger partial charge is 0.344 e. The summed E-state index contributed by atoms with van der Waals surface area (Å²) in [6.45, 7) is -0.189. The van der Waals surface area contributed by atoms with Gasteiger partial charge in [0.1, 0.15) is 34.6 Å². The summed E-state index contributed by atoms with van der Waals surface area (Å²) in [5, 5.41) is 1.19. The van der Waals surface area contributed by atoms with Crippen LogP contribution in [0.25, 0.3) is 10.9 Å². The van der Waals surface area contributed by atoms with Crippen molar-refractivity contribution in [2.75, 3.05) is 7.11 Å². The molecule has 0 aliphatic carbocycles. The Hall–Kier alpha value is -3.16. The number of ether oxygens (including phenoxy) is 2. The van der Waals surface area contributed by atoms with Crippen LogP contribution < -0.4 is 4.74 Å². The number of esters is 1. The largest absolute Gasteiger partial charge is 0.487 e. The fourth-order valence-electron chi connectivity index (χ4n) is 3.24. The van der Waals surface area contributed by atoms with Gasteiger partial charge in [-0.1, -0.05) is 41.9 Å². The number of carbonyl (C=O) groups is 1. The molecule has 0 fully saturated rings. The molecule has 168 valence electrons. The fraction of sp³-hybridized carbons (Fsp3) is 0.120. The van der Waals surface area contributed by atoms with Gasteiger partial charge in [0.15, 0.2) is 0 Å². The van der Waals surface area contributed by atoms with E-state index in [4.69, 9.17) is 21.1 Å². The third kappa shape index (κ3) is 5.10. The molecule has 0 spiro atoms. The van der Waals surface area contributed by atoms with Crippen molar-refractivity contribution < 1.29 is 23.0 Å². The molecule has 0 aliphatic rings. The van der Waals surface area contributed by atoms with Gasteiger partial charge in [0.2, 0.25) is 0 Å². The number of rotatable bonds is 7. The molecule has 4 aromatic rings. The average molecular weight is 486 g/mol. The number of para-hydroxylation sites is 1. The second kappa shape index (κ2) is 10.2. The molecule has 33 heavy (non-hydrogen) atoms. The molecule has 1 heterocycles. The van der Waals surface area contributed by atoms with Gasteiger partial charge in [-0.25, -0.2) is 18.6 Å². The molecule has 4 nitrogen and oxygen atoms in total. The summed E-state index contributed by atoms with van der Waals surface area (Å²) in [5.41, 5.74) is 1.77.